The Balaban J connectivity index is 1.75. The topological polar surface area (TPSA) is 42.0 Å². The number of rotatable bonds is 7. The molecule has 0 N–H and O–H groups in total. The molecule has 5 nitrogen and oxygen atoms in total. The van der Waals surface area contributed by atoms with Crippen LogP contribution < -0.4 is 0 Å². The highest BCUT2D eigenvalue weighted by molar-refractivity contribution is 5.76. The molecule has 2 heterocycles. The average Bonchev–Trinajstić information content (AvgIpc) is 2.70. The first kappa shape index (κ1) is 18.7. The molecule has 2 rings (SSSR count). The Hall–Kier alpha value is -0.650. The molecule has 1 amide bonds. The SMILES string of the molecule is CC(C)CCCN1CCC(N(C)CC2COCCO2)CCC1=O. The summed E-state index contributed by atoms with van der Waals surface area (Å²) in [4.78, 5) is 16.8. The number of ether oxygens (including phenoxy) is 2. The van der Waals surface area contributed by atoms with Crippen LogP contribution in [0.3, 0.4) is 0 Å². The van der Waals surface area contributed by atoms with Gasteiger partial charge in [0.1, 0.15) is 0 Å². The standard InChI is InChI=1S/C18H34N2O3/c1-15(2)5-4-9-20-10-8-16(6-7-18(20)21)19(3)13-17-14-22-11-12-23-17/h15-17H,4-14H2,1-3H3. The number of nitrogens with zero attached hydrogens (tertiary/aromatic N) is 2. The Morgan fingerprint density at radius 3 is 2.83 bits per heavy atom. The maximum atomic E-state index is 12.3. The molecule has 23 heavy (non-hydrogen) atoms. The lowest BCUT2D eigenvalue weighted by molar-refractivity contribution is -0.130. The van der Waals surface area contributed by atoms with Crippen LogP contribution in [0, 0.1) is 5.92 Å². The summed E-state index contributed by atoms with van der Waals surface area (Å²) in [5.41, 5.74) is 0. The van der Waals surface area contributed by atoms with Crippen LogP contribution in [0.1, 0.15) is 46.0 Å². The molecule has 134 valence electrons. The molecular weight excluding hydrogens is 292 g/mol. The summed E-state index contributed by atoms with van der Waals surface area (Å²) in [7, 11) is 2.15. The van der Waals surface area contributed by atoms with Gasteiger partial charge < -0.3 is 19.3 Å². The number of amides is 1. The third kappa shape index (κ3) is 6.40. The fraction of sp³-hybridized carbons (Fsp3) is 0.944. The minimum Gasteiger partial charge on any atom is -0.376 e. The average molecular weight is 326 g/mol. The Bertz CT molecular complexity index is 356. The van der Waals surface area contributed by atoms with Crippen LogP contribution in [-0.2, 0) is 14.3 Å². The van der Waals surface area contributed by atoms with Gasteiger partial charge in [0.2, 0.25) is 5.91 Å². The van der Waals surface area contributed by atoms with Gasteiger partial charge in [-0.05, 0) is 38.6 Å². The summed E-state index contributed by atoms with van der Waals surface area (Å²) in [6.07, 6.45) is 5.21. The van der Waals surface area contributed by atoms with Gasteiger partial charge >= 0.3 is 0 Å². The van der Waals surface area contributed by atoms with Crippen LogP contribution >= 0.6 is 0 Å². The first-order valence-electron chi connectivity index (χ1n) is 9.23. The van der Waals surface area contributed by atoms with Crippen molar-refractivity contribution in [2.75, 3.05) is 46.5 Å². The molecule has 2 unspecified atom stereocenters. The van der Waals surface area contributed by atoms with Crippen molar-refractivity contribution in [3.05, 3.63) is 0 Å². The van der Waals surface area contributed by atoms with Gasteiger partial charge in [-0.15, -0.1) is 0 Å². The quantitative estimate of drug-likeness (QED) is 0.719. The highest BCUT2D eigenvalue weighted by atomic mass is 16.6. The normalized spacial score (nSPS) is 26.8. The number of hydrogen-bond acceptors (Lipinski definition) is 4. The van der Waals surface area contributed by atoms with Gasteiger partial charge in [0.05, 0.1) is 25.9 Å². The van der Waals surface area contributed by atoms with Crippen LogP contribution in [0.2, 0.25) is 0 Å². The van der Waals surface area contributed by atoms with Gasteiger partial charge in [0, 0.05) is 32.1 Å². The zero-order valence-electron chi connectivity index (χ0n) is 15.1. The Morgan fingerprint density at radius 1 is 1.30 bits per heavy atom. The van der Waals surface area contributed by atoms with E-state index in [0.29, 0.717) is 44.1 Å². The van der Waals surface area contributed by atoms with E-state index in [1.54, 1.807) is 0 Å². The maximum absolute atomic E-state index is 12.3. The Labute approximate surface area is 141 Å². The molecular formula is C18H34N2O3. The molecule has 0 aromatic rings. The number of hydrogen-bond donors (Lipinski definition) is 0. The smallest absolute Gasteiger partial charge is 0.222 e. The second-order valence-corrected chi connectivity index (χ2v) is 7.41. The van der Waals surface area contributed by atoms with Crippen molar-refractivity contribution in [2.24, 2.45) is 5.92 Å². The van der Waals surface area contributed by atoms with Gasteiger partial charge in [-0.3, -0.25) is 4.79 Å². The summed E-state index contributed by atoms with van der Waals surface area (Å²) in [6, 6.07) is 0.472. The van der Waals surface area contributed by atoms with E-state index in [2.05, 4.69) is 30.7 Å². The molecule has 2 aliphatic rings. The lowest BCUT2D eigenvalue weighted by atomic mass is 10.1. The van der Waals surface area contributed by atoms with E-state index < -0.39 is 0 Å². The predicted molar refractivity (Wildman–Crippen MR) is 91.5 cm³/mol. The molecule has 0 aromatic heterocycles. The fourth-order valence-electron chi connectivity index (χ4n) is 3.50. The van der Waals surface area contributed by atoms with E-state index in [1.165, 1.54) is 6.42 Å². The van der Waals surface area contributed by atoms with Crippen LogP contribution in [0.25, 0.3) is 0 Å². The second kappa shape index (κ2) is 9.60. The molecule has 5 heteroatoms. The Kier molecular flexibility index (Phi) is 7.80. The molecule has 0 spiro atoms. The van der Waals surface area contributed by atoms with Gasteiger partial charge in [-0.2, -0.15) is 0 Å². The third-order valence-electron chi connectivity index (χ3n) is 4.99. The van der Waals surface area contributed by atoms with Gasteiger partial charge in [0.15, 0.2) is 0 Å². The minimum absolute atomic E-state index is 0.176. The van der Waals surface area contributed by atoms with Crippen molar-refractivity contribution >= 4 is 5.91 Å². The van der Waals surface area contributed by atoms with E-state index in [4.69, 9.17) is 9.47 Å². The molecule has 0 radical (unpaired) electrons. The fourth-order valence-corrected chi connectivity index (χ4v) is 3.50. The van der Waals surface area contributed by atoms with Crippen molar-refractivity contribution in [1.29, 1.82) is 0 Å². The molecule has 0 aromatic carbocycles. The van der Waals surface area contributed by atoms with Crippen molar-refractivity contribution in [1.82, 2.24) is 9.80 Å². The maximum Gasteiger partial charge on any atom is 0.222 e. The van der Waals surface area contributed by atoms with E-state index >= 15 is 0 Å². The van der Waals surface area contributed by atoms with Gasteiger partial charge in [-0.25, -0.2) is 0 Å². The minimum atomic E-state index is 0.176. The first-order valence-corrected chi connectivity index (χ1v) is 9.23. The highest BCUT2D eigenvalue weighted by Gasteiger charge is 2.26. The number of likely N-dealkylation sites (N-methyl/N-ethyl adjacent to an activating group) is 1. The molecule has 2 fully saturated rings. The van der Waals surface area contributed by atoms with Crippen molar-refractivity contribution in [3.8, 4) is 0 Å². The van der Waals surface area contributed by atoms with E-state index in [0.717, 1.165) is 38.9 Å². The predicted octanol–water partition coefficient (Wildman–Crippen LogP) is 2.15. The van der Waals surface area contributed by atoms with Crippen molar-refractivity contribution in [3.63, 3.8) is 0 Å². The van der Waals surface area contributed by atoms with Crippen LogP contribution in [-0.4, -0.2) is 74.4 Å². The number of likely N-dealkylation sites (tertiary alicyclic amines) is 1. The summed E-state index contributed by atoms with van der Waals surface area (Å²) in [6.45, 7) is 9.30. The molecule has 0 aliphatic carbocycles. The van der Waals surface area contributed by atoms with E-state index in [9.17, 15) is 4.79 Å². The first-order chi connectivity index (χ1) is 11.1. The molecule has 0 saturated carbocycles. The summed E-state index contributed by atoms with van der Waals surface area (Å²) >= 11 is 0. The largest absolute Gasteiger partial charge is 0.376 e. The second-order valence-electron chi connectivity index (χ2n) is 7.41. The molecule has 2 atom stereocenters. The van der Waals surface area contributed by atoms with E-state index in [-0.39, 0.29) is 6.10 Å². The van der Waals surface area contributed by atoms with Crippen LogP contribution in [0.15, 0.2) is 0 Å². The third-order valence-corrected chi connectivity index (χ3v) is 4.99. The van der Waals surface area contributed by atoms with E-state index in [1.807, 2.05) is 0 Å². The van der Waals surface area contributed by atoms with Gasteiger partial charge in [-0.1, -0.05) is 13.8 Å². The lowest BCUT2D eigenvalue weighted by Gasteiger charge is -2.32. The molecule has 2 aliphatic heterocycles. The summed E-state index contributed by atoms with van der Waals surface area (Å²) in [5, 5.41) is 0. The van der Waals surface area contributed by atoms with Crippen molar-refractivity contribution in [2.45, 2.75) is 58.1 Å². The Morgan fingerprint density at radius 2 is 2.13 bits per heavy atom. The summed E-state index contributed by atoms with van der Waals surface area (Å²) in [5.74, 6) is 1.05. The number of carbonyl (C=O) groups is 1. The number of carbonyl (C=O) groups excluding carboxylic acids is 1. The highest BCUT2D eigenvalue weighted by Crippen LogP contribution is 2.19. The molecule has 0 bridgehead atoms. The van der Waals surface area contributed by atoms with Crippen molar-refractivity contribution < 1.29 is 14.3 Å². The zero-order valence-corrected chi connectivity index (χ0v) is 15.1. The zero-order chi connectivity index (χ0) is 16.7. The molecule has 2 saturated heterocycles. The monoisotopic (exact) mass is 326 g/mol. The lowest BCUT2D eigenvalue weighted by Crippen LogP contribution is -2.43. The summed E-state index contributed by atoms with van der Waals surface area (Å²) < 4.78 is 11.2. The van der Waals surface area contributed by atoms with Crippen LogP contribution in [0.5, 0.6) is 0 Å². The van der Waals surface area contributed by atoms with Gasteiger partial charge in [0.25, 0.3) is 0 Å². The van der Waals surface area contributed by atoms with Crippen LogP contribution in [0.4, 0.5) is 0 Å².